The minimum absolute atomic E-state index is 0.175. The Balaban J connectivity index is 1.31. The van der Waals surface area contributed by atoms with Gasteiger partial charge < -0.3 is 24.2 Å². The van der Waals surface area contributed by atoms with Gasteiger partial charge >= 0.3 is 6.09 Å². The average molecular weight is 621 g/mol. The summed E-state index contributed by atoms with van der Waals surface area (Å²) < 4.78 is 19.8. The van der Waals surface area contributed by atoms with E-state index < -0.39 is 17.8 Å². The van der Waals surface area contributed by atoms with Gasteiger partial charge in [0.15, 0.2) is 0 Å². The number of aryl methyl sites for hydroxylation is 1. The van der Waals surface area contributed by atoms with E-state index in [-0.39, 0.29) is 12.5 Å². The number of aromatic nitrogens is 3. The highest BCUT2D eigenvalue weighted by Crippen LogP contribution is 2.39. The third kappa shape index (κ3) is 7.00. The van der Waals surface area contributed by atoms with Crippen LogP contribution in [0.25, 0.3) is 22.2 Å². The highest BCUT2D eigenvalue weighted by molar-refractivity contribution is 5.96. The number of aliphatic hydroxyl groups is 1. The maximum atomic E-state index is 12.7. The molecule has 0 spiro atoms. The van der Waals surface area contributed by atoms with Gasteiger partial charge in [-0.25, -0.2) is 4.79 Å². The fourth-order valence-electron chi connectivity index (χ4n) is 5.90. The molecular formula is C37H40N4O5. The lowest BCUT2D eigenvalue weighted by molar-refractivity contribution is -0.00141. The number of pyridine rings is 1. The van der Waals surface area contributed by atoms with Crippen LogP contribution in [-0.2, 0) is 25.0 Å². The van der Waals surface area contributed by atoms with Crippen molar-refractivity contribution in [2.75, 3.05) is 13.1 Å². The molecule has 0 unspecified atom stereocenters. The van der Waals surface area contributed by atoms with Gasteiger partial charge in [0.25, 0.3) is 0 Å². The number of nitrogens with zero attached hydrogens (tertiary/aromatic N) is 4. The van der Waals surface area contributed by atoms with Gasteiger partial charge in [-0.15, -0.1) is 0 Å². The first-order chi connectivity index (χ1) is 22.2. The number of piperidine rings is 1. The van der Waals surface area contributed by atoms with Crippen LogP contribution in [0.1, 0.15) is 49.8 Å². The average Bonchev–Trinajstić information content (AvgIpc) is 3.39. The normalized spacial score (nSPS) is 16.8. The second-order valence-electron chi connectivity index (χ2n) is 12.7. The molecule has 0 aliphatic carbocycles. The van der Waals surface area contributed by atoms with Crippen molar-refractivity contribution in [3.05, 3.63) is 108 Å². The van der Waals surface area contributed by atoms with Gasteiger partial charge in [0, 0.05) is 31.0 Å². The molecule has 1 aliphatic heterocycles. The number of hydrogen-bond acceptors (Lipinski definition) is 7. The van der Waals surface area contributed by atoms with Crippen LogP contribution in [-0.4, -0.2) is 55.7 Å². The van der Waals surface area contributed by atoms with Gasteiger partial charge in [0.1, 0.15) is 24.5 Å². The Morgan fingerprint density at radius 3 is 2.22 bits per heavy atom. The van der Waals surface area contributed by atoms with Crippen molar-refractivity contribution in [1.29, 1.82) is 0 Å². The van der Waals surface area contributed by atoms with E-state index in [1.807, 2.05) is 123 Å². The number of hydrogen-bond donors (Lipinski definition) is 1. The van der Waals surface area contributed by atoms with Crippen LogP contribution in [0, 0.1) is 0 Å². The summed E-state index contributed by atoms with van der Waals surface area (Å²) in [7, 11) is 1.91. The Hall–Kier alpha value is -4.89. The first-order valence-corrected chi connectivity index (χ1v) is 15.6. The molecule has 9 nitrogen and oxygen atoms in total. The molecule has 2 aromatic heterocycles. The number of β-amino-alcohol motifs (C(OH)–C–C–N with tert-alkyl or cyclic N) is 1. The monoisotopic (exact) mass is 620 g/mol. The number of carbonyl (C=O) groups excluding carboxylic acids is 1. The molecule has 1 N–H and O–H groups in total. The minimum atomic E-state index is -0.752. The molecule has 3 aromatic carbocycles. The van der Waals surface area contributed by atoms with E-state index >= 15 is 0 Å². The van der Waals surface area contributed by atoms with E-state index in [0.717, 1.165) is 38.9 Å². The van der Waals surface area contributed by atoms with Crippen molar-refractivity contribution >= 4 is 17.0 Å². The second-order valence-corrected chi connectivity index (χ2v) is 12.7. The van der Waals surface area contributed by atoms with Crippen molar-refractivity contribution in [2.45, 2.75) is 58.0 Å². The lowest BCUT2D eigenvalue weighted by Crippen LogP contribution is -2.47. The van der Waals surface area contributed by atoms with E-state index in [0.29, 0.717) is 37.9 Å². The summed E-state index contributed by atoms with van der Waals surface area (Å²) in [5, 5.41) is 17.2. The summed E-state index contributed by atoms with van der Waals surface area (Å²) in [4.78, 5) is 19.1. The molecule has 1 saturated heterocycles. The Morgan fingerprint density at radius 2 is 1.57 bits per heavy atom. The van der Waals surface area contributed by atoms with Gasteiger partial charge in [0.05, 0.1) is 23.7 Å². The number of rotatable bonds is 8. The van der Waals surface area contributed by atoms with Crippen LogP contribution < -0.4 is 9.47 Å². The molecular weight excluding hydrogens is 580 g/mol. The molecule has 5 aromatic rings. The maximum Gasteiger partial charge on any atom is 0.410 e. The molecule has 6 rings (SSSR count). The van der Waals surface area contributed by atoms with Crippen LogP contribution in [0.15, 0.2) is 91.0 Å². The summed E-state index contributed by atoms with van der Waals surface area (Å²) >= 11 is 0. The zero-order valence-corrected chi connectivity index (χ0v) is 26.7. The van der Waals surface area contributed by atoms with Crippen molar-refractivity contribution in [3.8, 4) is 23.0 Å². The van der Waals surface area contributed by atoms with Crippen molar-refractivity contribution in [2.24, 2.45) is 7.05 Å². The fourth-order valence-corrected chi connectivity index (χ4v) is 5.90. The number of likely N-dealkylation sites (tertiary alicyclic amines) is 1. The first kappa shape index (κ1) is 31.1. The molecule has 46 heavy (non-hydrogen) atoms. The zero-order valence-electron chi connectivity index (χ0n) is 26.7. The molecule has 0 bridgehead atoms. The predicted molar refractivity (Wildman–Crippen MR) is 177 cm³/mol. The van der Waals surface area contributed by atoms with E-state index in [4.69, 9.17) is 24.3 Å². The second kappa shape index (κ2) is 13.2. The lowest BCUT2D eigenvalue weighted by atomic mass is 9.85. The van der Waals surface area contributed by atoms with Gasteiger partial charge in [-0.2, -0.15) is 10.1 Å². The molecule has 1 fully saturated rings. The summed E-state index contributed by atoms with van der Waals surface area (Å²) in [6, 6.07) is 29.8. The Labute approximate surface area is 269 Å². The van der Waals surface area contributed by atoms with Gasteiger partial charge in [-0.3, -0.25) is 4.68 Å². The Bertz CT molecular complexity index is 1800. The smallest absolute Gasteiger partial charge is 0.410 e. The SMILES string of the molecule is Cn1nc(-c2ccc(OCc3ccccc3)nc2OCc2ccccc2)c2cccc([C@H]3CCN(C(=O)OC(C)(C)C)C[C@@H]3O)c21. The highest BCUT2D eigenvalue weighted by Gasteiger charge is 2.35. The van der Waals surface area contributed by atoms with Crippen molar-refractivity contribution < 1.29 is 24.1 Å². The molecule has 0 radical (unpaired) electrons. The summed E-state index contributed by atoms with van der Waals surface area (Å²) in [6.45, 7) is 6.93. The Kier molecular flexibility index (Phi) is 8.94. The molecule has 1 amide bonds. The van der Waals surface area contributed by atoms with Crippen LogP contribution in [0.2, 0.25) is 0 Å². The first-order valence-electron chi connectivity index (χ1n) is 15.6. The molecule has 2 atom stereocenters. The quantitative estimate of drug-likeness (QED) is 0.202. The van der Waals surface area contributed by atoms with Crippen molar-refractivity contribution in [3.63, 3.8) is 0 Å². The number of benzene rings is 3. The summed E-state index contributed by atoms with van der Waals surface area (Å²) in [5.74, 6) is 0.702. The van der Waals surface area contributed by atoms with Crippen molar-refractivity contribution in [1.82, 2.24) is 19.7 Å². The number of fused-ring (bicyclic) bond motifs is 1. The number of ether oxygens (including phenoxy) is 3. The van der Waals surface area contributed by atoms with Crippen LogP contribution in [0.3, 0.4) is 0 Å². The zero-order chi connectivity index (χ0) is 32.3. The van der Waals surface area contributed by atoms with Crippen LogP contribution in [0.4, 0.5) is 4.79 Å². The maximum absolute atomic E-state index is 12.7. The van der Waals surface area contributed by atoms with Gasteiger partial charge in [-0.1, -0.05) is 78.9 Å². The van der Waals surface area contributed by atoms with E-state index in [1.165, 1.54) is 0 Å². The van der Waals surface area contributed by atoms with Crippen LogP contribution >= 0.6 is 0 Å². The van der Waals surface area contributed by atoms with E-state index in [2.05, 4.69) is 0 Å². The molecule has 0 saturated carbocycles. The highest BCUT2D eigenvalue weighted by atomic mass is 16.6. The van der Waals surface area contributed by atoms with Crippen LogP contribution in [0.5, 0.6) is 11.8 Å². The van der Waals surface area contributed by atoms with E-state index in [1.54, 1.807) is 4.90 Å². The molecule has 9 heteroatoms. The van der Waals surface area contributed by atoms with Gasteiger partial charge in [0.2, 0.25) is 11.8 Å². The summed E-state index contributed by atoms with van der Waals surface area (Å²) in [6.07, 6.45) is -0.559. The van der Waals surface area contributed by atoms with Gasteiger partial charge in [-0.05, 0) is 49.9 Å². The largest absolute Gasteiger partial charge is 0.473 e. The Morgan fingerprint density at radius 1 is 0.891 bits per heavy atom. The standard InChI is InChI=1S/C37H40N4O5/c1-37(2,3)46-36(43)41-21-20-27(31(42)22-41)28-16-11-17-29-33(39-40(4)34(28)29)30-18-19-32(44-23-25-12-7-5-8-13-25)38-35(30)45-24-26-14-9-6-10-15-26/h5-19,27,31,42H,20-24H2,1-4H3/t27-,31+/m1/s1. The molecule has 238 valence electrons. The predicted octanol–water partition coefficient (Wildman–Crippen LogP) is 6.88. The third-order valence-electron chi connectivity index (χ3n) is 8.07. The number of para-hydroxylation sites is 1. The topological polar surface area (TPSA) is 98.9 Å². The molecule has 1 aliphatic rings. The number of aliphatic hydroxyl groups excluding tert-OH is 1. The third-order valence-corrected chi connectivity index (χ3v) is 8.07. The number of amides is 1. The minimum Gasteiger partial charge on any atom is -0.473 e. The summed E-state index contributed by atoms with van der Waals surface area (Å²) in [5.41, 5.74) is 4.84. The number of carbonyl (C=O) groups is 1. The fraction of sp³-hybridized carbons (Fsp3) is 0.324. The lowest BCUT2D eigenvalue weighted by Gasteiger charge is -2.37. The van der Waals surface area contributed by atoms with E-state index in [9.17, 15) is 9.90 Å². The molecule has 3 heterocycles.